The van der Waals surface area contributed by atoms with Gasteiger partial charge in [0.15, 0.2) is 5.17 Å². The van der Waals surface area contributed by atoms with Crippen LogP contribution in [0, 0.1) is 0 Å². The van der Waals surface area contributed by atoms with E-state index in [1.807, 2.05) is 44.2 Å². The fourth-order valence-electron chi connectivity index (χ4n) is 1.82. The highest BCUT2D eigenvalue weighted by Crippen LogP contribution is 2.31. The molecule has 0 atom stereocenters. The molecule has 4 nitrogen and oxygen atoms in total. The van der Waals surface area contributed by atoms with E-state index in [9.17, 15) is 4.79 Å². The Labute approximate surface area is 123 Å². The molecule has 1 aromatic rings. The van der Waals surface area contributed by atoms with Gasteiger partial charge in [-0.15, -0.1) is 0 Å². The molecular weight excluding hydrogens is 272 g/mol. The molecule has 0 radical (unpaired) electrons. The summed E-state index contributed by atoms with van der Waals surface area (Å²) in [5, 5.41) is 0.723. The van der Waals surface area contributed by atoms with Crippen molar-refractivity contribution in [2.75, 3.05) is 14.1 Å². The Hall–Kier alpha value is -1.75. The zero-order chi connectivity index (χ0) is 14.7. The summed E-state index contributed by atoms with van der Waals surface area (Å²) in [5.41, 5.74) is 0.975. The molecule has 0 saturated carbocycles. The number of aliphatic imine (C=N–C) groups is 1. The summed E-state index contributed by atoms with van der Waals surface area (Å²) in [6.45, 7) is 3.98. The molecule has 1 amide bonds. The number of hydrogen-bond acceptors (Lipinski definition) is 4. The molecule has 2 rings (SSSR count). The van der Waals surface area contributed by atoms with E-state index in [2.05, 4.69) is 4.99 Å². The van der Waals surface area contributed by atoms with Crippen molar-refractivity contribution >= 4 is 28.9 Å². The highest BCUT2D eigenvalue weighted by Gasteiger charge is 2.29. The van der Waals surface area contributed by atoms with Gasteiger partial charge in [-0.05, 0) is 49.4 Å². The monoisotopic (exact) mass is 290 g/mol. The average Bonchev–Trinajstić information content (AvgIpc) is 2.68. The average molecular weight is 290 g/mol. The number of amides is 1. The number of nitrogens with zero attached hydrogens (tertiary/aromatic N) is 2. The fraction of sp³-hybridized carbons (Fsp3) is 0.333. The number of amidine groups is 1. The Bertz CT molecular complexity index is 562. The first-order valence-electron chi connectivity index (χ1n) is 6.42. The maximum absolute atomic E-state index is 12.0. The summed E-state index contributed by atoms with van der Waals surface area (Å²) in [6.07, 6.45) is 2.03. The normalized spacial score (nSPS) is 19.4. The van der Waals surface area contributed by atoms with Gasteiger partial charge in [-0.25, -0.2) is 0 Å². The maximum Gasteiger partial charge on any atom is 0.266 e. The zero-order valence-corrected chi connectivity index (χ0v) is 12.9. The zero-order valence-electron chi connectivity index (χ0n) is 12.1. The molecule has 1 fully saturated rings. The number of carbonyl (C=O) groups excluding carboxylic acids is 1. The van der Waals surface area contributed by atoms with Gasteiger partial charge in [0.25, 0.3) is 5.91 Å². The summed E-state index contributed by atoms with van der Waals surface area (Å²) in [6, 6.07) is 7.71. The van der Waals surface area contributed by atoms with Crippen LogP contribution >= 0.6 is 11.8 Å². The van der Waals surface area contributed by atoms with Gasteiger partial charge in [0, 0.05) is 14.1 Å². The van der Waals surface area contributed by atoms with E-state index < -0.39 is 0 Å². The molecule has 0 bridgehead atoms. The quantitative estimate of drug-likeness (QED) is 0.804. The first-order valence-corrected chi connectivity index (χ1v) is 7.24. The Morgan fingerprint density at radius 1 is 1.30 bits per heavy atom. The van der Waals surface area contributed by atoms with Crippen molar-refractivity contribution in [2.24, 2.45) is 4.99 Å². The lowest BCUT2D eigenvalue weighted by Crippen LogP contribution is -2.23. The van der Waals surface area contributed by atoms with Crippen LogP contribution in [-0.2, 0) is 4.79 Å². The third-order valence-corrected chi connectivity index (χ3v) is 3.90. The van der Waals surface area contributed by atoms with E-state index in [1.165, 1.54) is 11.8 Å². The van der Waals surface area contributed by atoms with Gasteiger partial charge in [0.1, 0.15) is 5.75 Å². The molecule has 1 heterocycles. The van der Waals surface area contributed by atoms with Gasteiger partial charge in [0.2, 0.25) is 0 Å². The summed E-state index contributed by atoms with van der Waals surface area (Å²) < 4.78 is 5.59. The molecule has 0 spiro atoms. The van der Waals surface area contributed by atoms with Crippen molar-refractivity contribution in [3.63, 3.8) is 0 Å². The molecule has 0 unspecified atom stereocenters. The molecule has 1 saturated heterocycles. The summed E-state index contributed by atoms with van der Waals surface area (Å²) >= 11 is 1.39. The predicted molar refractivity (Wildman–Crippen MR) is 83.9 cm³/mol. The van der Waals surface area contributed by atoms with E-state index in [-0.39, 0.29) is 12.0 Å². The predicted octanol–water partition coefficient (Wildman–Crippen LogP) is 3.01. The van der Waals surface area contributed by atoms with Crippen molar-refractivity contribution in [3.05, 3.63) is 34.7 Å². The summed E-state index contributed by atoms with van der Waals surface area (Å²) in [4.78, 5) is 18.4. The van der Waals surface area contributed by atoms with Crippen LogP contribution in [0.5, 0.6) is 5.75 Å². The minimum atomic E-state index is -0.0156. The van der Waals surface area contributed by atoms with Crippen molar-refractivity contribution in [3.8, 4) is 5.75 Å². The van der Waals surface area contributed by atoms with Crippen molar-refractivity contribution in [2.45, 2.75) is 20.0 Å². The third kappa shape index (κ3) is 3.22. The molecule has 1 aliphatic heterocycles. The van der Waals surface area contributed by atoms with Crippen molar-refractivity contribution < 1.29 is 9.53 Å². The van der Waals surface area contributed by atoms with Crippen LogP contribution in [0.15, 0.2) is 34.2 Å². The molecule has 106 valence electrons. The summed E-state index contributed by atoms with van der Waals surface area (Å²) in [5.74, 6) is 0.818. The van der Waals surface area contributed by atoms with Gasteiger partial charge in [-0.3, -0.25) is 14.7 Å². The third-order valence-electron chi connectivity index (χ3n) is 2.74. The number of likely N-dealkylation sites (N-methyl/N-ethyl adjacent to an activating group) is 1. The smallest absolute Gasteiger partial charge is 0.266 e. The molecule has 20 heavy (non-hydrogen) atoms. The first kappa shape index (κ1) is 14.7. The second-order valence-electron chi connectivity index (χ2n) is 4.72. The topological polar surface area (TPSA) is 41.9 Å². The van der Waals surface area contributed by atoms with E-state index in [4.69, 9.17) is 4.74 Å². The van der Waals surface area contributed by atoms with Gasteiger partial charge in [-0.1, -0.05) is 12.1 Å². The lowest BCUT2D eigenvalue weighted by molar-refractivity contribution is -0.121. The van der Waals surface area contributed by atoms with Crippen molar-refractivity contribution in [1.29, 1.82) is 0 Å². The molecule has 1 aromatic carbocycles. The lowest BCUT2D eigenvalue weighted by Gasteiger charge is -2.09. The number of thioether (sulfide) groups is 1. The van der Waals surface area contributed by atoms with E-state index >= 15 is 0 Å². The van der Waals surface area contributed by atoms with Crippen LogP contribution < -0.4 is 4.74 Å². The van der Waals surface area contributed by atoms with Gasteiger partial charge >= 0.3 is 0 Å². The minimum absolute atomic E-state index is 0.0156. The van der Waals surface area contributed by atoms with Crippen LogP contribution in [0.1, 0.15) is 19.4 Å². The summed E-state index contributed by atoms with van der Waals surface area (Å²) in [7, 11) is 3.42. The van der Waals surface area contributed by atoms with Crippen LogP contribution in [-0.4, -0.2) is 36.2 Å². The second kappa shape index (κ2) is 6.13. The number of benzene rings is 1. The van der Waals surface area contributed by atoms with E-state index in [1.54, 1.807) is 19.0 Å². The van der Waals surface area contributed by atoms with E-state index in [0.717, 1.165) is 16.5 Å². The van der Waals surface area contributed by atoms with Crippen LogP contribution in [0.25, 0.3) is 6.08 Å². The number of carbonyl (C=O) groups is 1. The molecule has 5 heteroatoms. The SMILES string of the molecule is CN=C1S/C(=C\c2ccc(OC(C)C)cc2)C(=O)N1C. The highest BCUT2D eigenvalue weighted by molar-refractivity contribution is 8.18. The standard InChI is InChI=1S/C15H18N2O2S/c1-10(2)19-12-7-5-11(6-8-12)9-13-14(18)17(4)15(16-3)20-13/h5-10H,1-4H3/b13-9-,16-15?. The Morgan fingerprint density at radius 2 is 1.95 bits per heavy atom. The van der Waals surface area contributed by atoms with Gasteiger partial charge in [-0.2, -0.15) is 0 Å². The Balaban J connectivity index is 2.17. The van der Waals surface area contributed by atoms with Gasteiger partial charge in [0.05, 0.1) is 11.0 Å². The largest absolute Gasteiger partial charge is 0.491 e. The minimum Gasteiger partial charge on any atom is -0.491 e. The number of hydrogen-bond donors (Lipinski definition) is 0. The molecule has 0 N–H and O–H groups in total. The number of rotatable bonds is 3. The highest BCUT2D eigenvalue weighted by atomic mass is 32.2. The van der Waals surface area contributed by atoms with Gasteiger partial charge < -0.3 is 4.74 Å². The fourth-order valence-corrected chi connectivity index (χ4v) is 2.74. The molecule has 1 aliphatic rings. The second-order valence-corrected chi connectivity index (χ2v) is 5.73. The van der Waals surface area contributed by atoms with Crippen LogP contribution in [0.3, 0.4) is 0 Å². The first-order chi connectivity index (χ1) is 9.51. The number of ether oxygens (including phenoxy) is 1. The maximum atomic E-state index is 12.0. The molecule has 0 aliphatic carbocycles. The van der Waals surface area contributed by atoms with Crippen LogP contribution in [0.4, 0.5) is 0 Å². The molecular formula is C15H18N2O2S. The van der Waals surface area contributed by atoms with Crippen molar-refractivity contribution in [1.82, 2.24) is 4.90 Å². The van der Waals surface area contributed by atoms with Crippen LogP contribution in [0.2, 0.25) is 0 Å². The van der Waals surface area contributed by atoms with E-state index in [0.29, 0.717) is 4.91 Å². The molecule has 0 aromatic heterocycles. The lowest BCUT2D eigenvalue weighted by atomic mass is 10.2. The Kier molecular flexibility index (Phi) is 4.49. The Morgan fingerprint density at radius 3 is 2.45 bits per heavy atom.